The van der Waals surface area contributed by atoms with Gasteiger partial charge >= 0.3 is 0 Å². The zero-order valence-electron chi connectivity index (χ0n) is 15.0. The summed E-state index contributed by atoms with van der Waals surface area (Å²) >= 11 is 0. The Bertz CT molecular complexity index is 725. The maximum Gasteiger partial charge on any atom is 0.273 e. The van der Waals surface area contributed by atoms with Crippen LogP contribution in [0.15, 0.2) is 36.5 Å². The Morgan fingerprint density at radius 1 is 1.19 bits per heavy atom. The van der Waals surface area contributed by atoms with Crippen LogP contribution in [0.25, 0.3) is 0 Å². The van der Waals surface area contributed by atoms with Crippen LogP contribution < -0.4 is 15.5 Å². The highest BCUT2D eigenvalue weighted by atomic mass is 16.2. The SMILES string of the molecule is O=C(NCC1CCN(c2ccccc2)C1)c1cn(C2CCNCC2)nn1. The molecule has 1 atom stereocenters. The molecule has 2 aliphatic rings. The third-order valence-electron chi connectivity index (χ3n) is 5.38. The highest BCUT2D eigenvalue weighted by molar-refractivity contribution is 5.91. The molecular formula is C19H26N6O. The highest BCUT2D eigenvalue weighted by Gasteiger charge is 2.24. The zero-order valence-corrected chi connectivity index (χ0v) is 15.0. The van der Waals surface area contributed by atoms with Crippen LogP contribution in [0.3, 0.4) is 0 Å². The quantitative estimate of drug-likeness (QED) is 0.850. The maximum atomic E-state index is 12.4. The van der Waals surface area contributed by atoms with Crippen molar-refractivity contribution in [1.82, 2.24) is 25.6 Å². The molecule has 4 rings (SSSR count). The number of rotatable bonds is 5. The van der Waals surface area contributed by atoms with Gasteiger partial charge < -0.3 is 15.5 Å². The van der Waals surface area contributed by atoms with Crippen molar-refractivity contribution < 1.29 is 4.79 Å². The summed E-state index contributed by atoms with van der Waals surface area (Å²) in [4.78, 5) is 14.8. The number of carbonyl (C=O) groups excluding carboxylic acids is 1. The molecule has 0 saturated carbocycles. The predicted molar refractivity (Wildman–Crippen MR) is 100 cm³/mol. The number of piperidine rings is 1. The van der Waals surface area contributed by atoms with Gasteiger partial charge in [0.05, 0.1) is 12.2 Å². The lowest BCUT2D eigenvalue weighted by molar-refractivity contribution is 0.0943. The summed E-state index contributed by atoms with van der Waals surface area (Å²) in [6, 6.07) is 10.8. The van der Waals surface area contributed by atoms with Gasteiger partial charge in [-0.25, -0.2) is 4.68 Å². The molecule has 1 aromatic carbocycles. The number of benzene rings is 1. The van der Waals surface area contributed by atoms with E-state index in [1.165, 1.54) is 5.69 Å². The van der Waals surface area contributed by atoms with Crippen molar-refractivity contribution in [3.8, 4) is 0 Å². The first-order valence-corrected chi connectivity index (χ1v) is 9.50. The highest BCUT2D eigenvalue weighted by Crippen LogP contribution is 2.23. The fourth-order valence-corrected chi connectivity index (χ4v) is 3.83. The number of anilines is 1. The number of aromatic nitrogens is 3. The van der Waals surface area contributed by atoms with Gasteiger partial charge in [0.25, 0.3) is 5.91 Å². The van der Waals surface area contributed by atoms with Crippen molar-refractivity contribution in [3.63, 3.8) is 0 Å². The average molecular weight is 354 g/mol. The molecule has 2 aromatic rings. The van der Waals surface area contributed by atoms with Gasteiger partial charge in [0.1, 0.15) is 0 Å². The molecule has 2 saturated heterocycles. The zero-order chi connectivity index (χ0) is 17.8. The van der Waals surface area contributed by atoms with Gasteiger partial charge in [-0.1, -0.05) is 23.4 Å². The van der Waals surface area contributed by atoms with E-state index in [2.05, 4.69) is 50.1 Å². The molecule has 0 radical (unpaired) electrons. The molecule has 26 heavy (non-hydrogen) atoms. The number of carbonyl (C=O) groups is 1. The van der Waals surface area contributed by atoms with E-state index in [-0.39, 0.29) is 5.91 Å². The van der Waals surface area contributed by atoms with E-state index in [1.807, 2.05) is 10.7 Å². The van der Waals surface area contributed by atoms with Crippen LogP contribution >= 0.6 is 0 Å². The summed E-state index contributed by atoms with van der Waals surface area (Å²) in [5, 5.41) is 14.6. The Labute approximate surface area is 153 Å². The Morgan fingerprint density at radius 3 is 2.81 bits per heavy atom. The fourth-order valence-electron chi connectivity index (χ4n) is 3.83. The van der Waals surface area contributed by atoms with Crippen LogP contribution in [0.2, 0.25) is 0 Å². The van der Waals surface area contributed by atoms with Crippen molar-refractivity contribution in [1.29, 1.82) is 0 Å². The number of hydrogen-bond donors (Lipinski definition) is 2. The first-order chi connectivity index (χ1) is 12.8. The number of nitrogens with one attached hydrogen (secondary N) is 2. The maximum absolute atomic E-state index is 12.4. The van der Waals surface area contributed by atoms with Crippen LogP contribution in [0.4, 0.5) is 5.69 Å². The number of para-hydroxylation sites is 1. The second kappa shape index (κ2) is 7.86. The van der Waals surface area contributed by atoms with Crippen LogP contribution in [0, 0.1) is 5.92 Å². The van der Waals surface area contributed by atoms with E-state index in [0.717, 1.165) is 45.4 Å². The van der Waals surface area contributed by atoms with Gasteiger partial charge in [-0.05, 0) is 50.4 Å². The van der Waals surface area contributed by atoms with Crippen LogP contribution in [-0.4, -0.2) is 53.6 Å². The van der Waals surface area contributed by atoms with Gasteiger partial charge in [-0.3, -0.25) is 4.79 Å². The summed E-state index contributed by atoms with van der Waals surface area (Å²) < 4.78 is 1.85. The Morgan fingerprint density at radius 2 is 2.00 bits per heavy atom. The van der Waals surface area contributed by atoms with E-state index >= 15 is 0 Å². The molecule has 0 spiro atoms. The molecule has 0 bridgehead atoms. The summed E-state index contributed by atoms with van der Waals surface area (Å²) in [6.45, 7) is 4.68. The molecule has 1 amide bonds. The van der Waals surface area contributed by atoms with Crippen LogP contribution in [0.5, 0.6) is 0 Å². The molecule has 2 N–H and O–H groups in total. The molecule has 7 nitrogen and oxygen atoms in total. The van der Waals surface area contributed by atoms with Gasteiger partial charge in [-0.2, -0.15) is 0 Å². The topological polar surface area (TPSA) is 75.1 Å². The molecule has 7 heteroatoms. The molecular weight excluding hydrogens is 328 g/mol. The van der Waals surface area contributed by atoms with E-state index < -0.39 is 0 Å². The summed E-state index contributed by atoms with van der Waals surface area (Å²) in [5.41, 5.74) is 1.67. The second-order valence-corrected chi connectivity index (χ2v) is 7.21. The molecule has 0 aliphatic carbocycles. The largest absolute Gasteiger partial charge is 0.371 e. The number of hydrogen-bond acceptors (Lipinski definition) is 5. The van der Waals surface area contributed by atoms with Crippen LogP contribution in [-0.2, 0) is 0 Å². The third-order valence-corrected chi connectivity index (χ3v) is 5.38. The molecule has 2 fully saturated rings. The lowest BCUT2D eigenvalue weighted by Gasteiger charge is -2.22. The molecule has 1 unspecified atom stereocenters. The van der Waals surface area contributed by atoms with Gasteiger partial charge in [-0.15, -0.1) is 5.10 Å². The Hall–Kier alpha value is -2.41. The van der Waals surface area contributed by atoms with Crippen LogP contribution in [0.1, 0.15) is 35.8 Å². The van der Waals surface area contributed by atoms with E-state index in [9.17, 15) is 4.79 Å². The van der Waals surface area contributed by atoms with Crippen molar-refractivity contribution >= 4 is 11.6 Å². The average Bonchev–Trinajstić information content (AvgIpc) is 3.37. The van der Waals surface area contributed by atoms with Gasteiger partial charge in [0.2, 0.25) is 0 Å². The predicted octanol–water partition coefficient (Wildman–Crippen LogP) is 1.46. The lowest BCUT2D eigenvalue weighted by Crippen LogP contribution is -2.31. The third kappa shape index (κ3) is 3.88. The normalized spacial score (nSPS) is 21.1. The molecule has 138 valence electrons. The smallest absolute Gasteiger partial charge is 0.273 e. The first kappa shape index (κ1) is 17.0. The number of amides is 1. The van der Waals surface area contributed by atoms with E-state index in [1.54, 1.807) is 6.20 Å². The minimum Gasteiger partial charge on any atom is -0.371 e. The van der Waals surface area contributed by atoms with Crippen molar-refractivity contribution in [2.45, 2.75) is 25.3 Å². The minimum absolute atomic E-state index is 0.122. The summed E-state index contributed by atoms with van der Waals surface area (Å²) in [6.07, 6.45) is 4.94. The second-order valence-electron chi connectivity index (χ2n) is 7.21. The standard InChI is InChI=1S/C19H26N6O/c26-19(18-14-25(23-22-18)17-6-9-20-10-7-17)21-12-15-8-11-24(13-15)16-4-2-1-3-5-16/h1-5,14-15,17,20H,6-13H2,(H,21,26). The van der Waals surface area contributed by atoms with Gasteiger partial charge in [0.15, 0.2) is 5.69 Å². The van der Waals surface area contributed by atoms with E-state index in [0.29, 0.717) is 24.2 Å². The molecule has 3 heterocycles. The van der Waals surface area contributed by atoms with Crippen molar-refractivity contribution in [2.75, 3.05) is 37.6 Å². The Kier molecular flexibility index (Phi) is 5.15. The monoisotopic (exact) mass is 354 g/mol. The summed E-state index contributed by atoms with van der Waals surface area (Å²) in [5.74, 6) is 0.349. The number of nitrogens with zero attached hydrogens (tertiary/aromatic N) is 4. The molecule has 2 aliphatic heterocycles. The summed E-state index contributed by atoms with van der Waals surface area (Å²) in [7, 11) is 0. The fraction of sp³-hybridized carbons (Fsp3) is 0.526. The van der Waals surface area contributed by atoms with Crippen molar-refractivity contribution in [3.05, 3.63) is 42.2 Å². The van der Waals surface area contributed by atoms with E-state index in [4.69, 9.17) is 0 Å². The lowest BCUT2D eigenvalue weighted by atomic mass is 10.1. The Balaban J connectivity index is 1.27. The van der Waals surface area contributed by atoms with Gasteiger partial charge in [0, 0.05) is 25.3 Å². The molecule has 1 aromatic heterocycles. The van der Waals surface area contributed by atoms with Crippen molar-refractivity contribution in [2.24, 2.45) is 5.92 Å². The first-order valence-electron chi connectivity index (χ1n) is 9.50. The minimum atomic E-state index is -0.122.